The highest BCUT2D eigenvalue weighted by Crippen LogP contribution is 2.26. The summed E-state index contributed by atoms with van der Waals surface area (Å²) < 4.78 is 1.46. The van der Waals surface area contributed by atoms with E-state index in [0.29, 0.717) is 5.56 Å². The first-order valence-corrected chi connectivity index (χ1v) is 9.08. The number of benzene rings is 2. The zero-order valence-electron chi connectivity index (χ0n) is 14.9. The fraction of sp³-hybridized carbons (Fsp3) is 0.273. The monoisotopic (exact) mass is 346 g/mol. The van der Waals surface area contributed by atoms with Crippen LogP contribution in [0.25, 0.3) is 10.8 Å². The van der Waals surface area contributed by atoms with Gasteiger partial charge in [0.05, 0.1) is 5.56 Å². The van der Waals surface area contributed by atoms with E-state index in [1.807, 2.05) is 4.90 Å². The Morgan fingerprint density at radius 2 is 1.88 bits per heavy atom. The molecule has 0 radical (unpaired) electrons. The van der Waals surface area contributed by atoms with Gasteiger partial charge in [-0.05, 0) is 41.7 Å². The van der Waals surface area contributed by atoms with Crippen LogP contribution in [-0.4, -0.2) is 28.0 Å². The lowest BCUT2D eigenvalue weighted by molar-refractivity contribution is 0.0735. The first-order chi connectivity index (χ1) is 12.6. The normalized spacial score (nSPS) is 17.0. The maximum absolute atomic E-state index is 13.0. The van der Waals surface area contributed by atoms with Crippen molar-refractivity contribution in [2.75, 3.05) is 6.54 Å². The Hall–Kier alpha value is -2.88. The number of amides is 1. The van der Waals surface area contributed by atoms with Gasteiger partial charge in [-0.3, -0.25) is 9.59 Å². The third kappa shape index (κ3) is 3.03. The third-order valence-electron chi connectivity index (χ3n) is 5.31. The predicted molar refractivity (Wildman–Crippen MR) is 103 cm³/mol. The molecule has 132 valence electrons. The Labute approximate surface area is 152 Å². The predicted octanol–water partition coefficient (Wildman–Crippen LogP) is 3.39. The molecule has 4 heteroatoms. The number of hydrogen-bond donors (Lipinski definition) is 0. The van der Waals surface area contributed by atoms with Crippen LogP contribution in [0.3, 0.4) is 0 Å². The van der Waals surface area contributed by atoms with E-state index in [2.05, 4.69) is 42.5 Å². The van der Waals surface area contributed by atoms with Crippen molar-refractivity contribution in [2.45, 2.75) is 25.3 Å². The molecule has 4 nitrogen and oxygen atoms in total. The lowest BCUT2D eigenvalue weighted by Gasteiger charge is -2.25. The molecule has 1 aliphatic rings. The standard InChI is InChI=1S/C22H22N2O2/c1-23-15-18(11-12-21(23)25)22(26)24-13-5-9-19(24)14-17-8-4-7-16-6-2-3-10-20(16)17/h2-4,6-8,10-12,15,19H,5,9,13-14H2,1H3/t19-/m0/s1. The fourth-order valence-electron chi connectivity index (χ4n) is 3.93. The van der Waals surface area contributed by atoms with E-state index in [1.165, 1.54) is 27.0 Å². The zero-order chi connectivity index (χ0) is 18.1. The average molecular weight is 346 g/mol. The highest BCUT2D eigenvalue weighted by Gasteiger charge is 2.30. The van der Waals surface area contributed by atoms with Crippen LogP contribution in [0, 0.1) is 0 Å². The fourth-order valence-corrected chi connectivity index (χ4v) is 3.93. The Bertz CT molecular complexity index is 1020. The number of aryl methyl sites for hydroxylation is 1. The summed E-state index contributed by atoms with van der Waals surface area (Å²) in [6.45, 7) is 0.775. The molecule has 1 saturated heterocycles. The van der Waals surface area contributed by atoms with Crippen molar-refractivity contribution in [2.24, 2.45) is 7.05 Å². The molecular formula is C22H22N2O2. The van der Waals surface area contributed by atoms with Gasteiger partial charge in [-0.15, -0.1) is 0 Å². The summed E-state index contributed by atoms with van der Waals surface area (Å²) in [5.74, 6) is 0.0170. The number of likely N-dealkylation sites (tertiary alicyclic amines) is 1. The molecule has 1 aromatic heterocycles. The van der Waals surface area contributed by atoms with Crippen LogP contribution in [0.2, 0.25) is 0 Å². The molecule has 3 aromatic rings. The molecule has 1 amide bonds. The summed E-state index contributed by atoms with van der Waals surface area (Å²) in [5.41, 5.74) is 1.76. The first-order valence-electron chi connectivity index (χ1n) is 9.08. The maximum atomic E-state index is 13.0. The molecule has 0 spiro atoms. The molecular weight excluding hydrogens is 324 g/mol. The molecule has 0 bridgehead atoms. The minimum atomic E-state index is -0.102. The number of hydrogen-bond acceptors (Lipinski definition) is 2. The lowest BCUT2D eigenvalue weighted by Crippen LogP contribution is -2.37. The van der Waals surface area contributed by atoms with Crippen molar-refractivity contribution >= 4 is 16.7 Å². The van der Waals surface area contributed by atoms with Crippen molar-refractivity contribution in [1.82, 2.24) is 9.47 Å². The smallest absolute Gasteiger partial charge is 0.255 e. The van der Waals surface area contributed by atoms with Crippen LogP contribution in [0.5, 0.6) is 0 Å². The molecule has 1 atom stereocenters. The Balaban J connectivity index is 1.61. The van der Waals surface area contributed by atoms with Gasteiger partial charge < -0.3 is 9.47 Å². The summed E-state index contributed by atoms with van der Waals surface area (Å²) in [5, 5.41) is 2.50. The van der Waals surface area contributed by atoms with Gasteiger partial charge in [-0.25, -0.2) is 0 Å². The summed E-state index contributed by atoms with van der Waals surface area (Å²) in [4.78, 5) is 26.5. The average Bonchev–Trinajstić information content (AvgIpc) is 3.12. The van der Waals surface area contributed by atoms with Crippen molar-refractivity contribution in [1.29, 1.82) is 0 Å². The van der Waals surface area contributed by atoms with Crippen molar-refractivity contribution in [3.63, 3.8) is 0 Å². The molecule has 2 aromatic carbocycles. The Morgan fingerprint density at radius 3 is 2.73 bits per heavy atom. The highest BCUT2D eigenvalue weighted by molar-refractivity contribution is 5.94. The quantitative estimate of drug-likeness (QED) is 0.729. The molecule has 26 heavy (non-hydrogen) atoms. The van der Waals surface area contributed by atoms with Crippen LogP contribution < -0.4 is 5.56 Å². The van der Waals surface area contributed by atoms with E-state index in [4.69, 9.17) is 0 Å². The van der Waals surface area contributed by atoms with E-state index in [0.717, 1.165) is 25.8 Å². The zero-order valence-corrected chi connectivity index (χ0v) is 14.9. The molecule has 4 rings (SSSR count). The minimum absolute atomic E-state index is 0.0170. The Kier molecular flexibility index (Phi) is 4.33. The number of carbonyl (C=O) groups excluding carboxylic acids is 1. The van der Waals surface area contributed by atoms with E-state index in [9.17, 15) is 9.59 Å². The lowest BCUT2D eigenvalue weighted by atomic mass is 9.97. The number of carbonyl (C=O) groups is 1. The summed E-state index contributed by atoms with van der Waals surface area (Å²) >= 11 is 0. The van der Waals surface area contributed by atoms with E-state index < -0.39 is 0 Å². The van der Waals surface area contributed by atoms with Crippen LogP contribution >= 0.6 is 0 Å². The van der Waals surface area contributed by atoms with Gasteiger partial charge >= 0.3 is 0 Å². The summed E-state index contributed by atoms with van der Waals surface area (Å²) in [6, 6.07) is 18.1. The van der Waals surface area contributed by atoms with Gasteiger partial charge in [0.15, 0.2) is 0 Å². The summed E-state index contributed by atoms with van der Waals surface area (Å²) in [6.07, 6.45) is 4.53. The topological polar surface area (TPSA) is 42.3 Å². The SMILES string of the molecule is Cn1cc(C(=O)N2CCC[C@H]2Cc2cccc3ccccc23)ccc1=O. The second kappa shape index (κ2) is 6.79. The van der Waals surface area contributed by atoms with Crippen LogP contribution in [-0.2, 0) is 13.5 Å². The van der Waals surface area contributed by atoms with Crippen LogP contribution in [0.15, 0.2) is 65.6 Å². The molecule has 0 unspecified atom stereocenters. The van der Waals surface area contributed by atoms with Gasteiger partial charge in [-0.2, -0.15) is 0 Å². The van der Waals surface area contributed by atoms with Gasteiger partial charge in [0.25, 0.3) is 5.91 Å². The number of nitrogens with zero attached hydrogens (tertiary/aromatic N) is 2. The van der Waals surface area contributed by atoms with E-state index in [1.54, 1.807) is 19.3 Å². The van der Waals surface area contributed by atoms with Crippen LogP contribution in [0.4, 0.5) is 0 Å². The van der Waals surface area contributed by atoms with Gasteiger partial charge in [-0.1, -0.05) is 42.5 Å². The molecule has 0 aliphatic carbocycles. The molecule has 2 heterocycles. The van der Waals surface area contributed by atoms with Gasteiger partial charge in [0, 0.05) is 31.9 Å². The molecule has 1 fully saturated rings. The minimum Gasteiger partial charge on any atom is -0.335 e. The number of fused-ring (bicyclic) bond motifs is 1. The number of aromatic nitrogens is 1. The maximum Gasteiger partial charge on any atom is 0.255 e. The highest BCUT2D eigenvalue weighted by atomic mass is 16.2. The van der Waals surface area contributed by atoms with Crippen molar-refractivity contribution < 1.29 is 4.79 Å². The van der Waals surface area contributed by atoms with E-state index in [-0.39, 0.29) is 17.5 Å². The second-order valence-electron chi connectivity index (χ2n) is 7.00. The molecule has 0 saturated carbocycles. The van der Waals surface area contributed by atoms with Crippen molar-refractivity contribution in [3.8, 4) is 0 Å². The Morgan fingerprint density at radius 1 is 1.08 bits per heavy atom. The number of pyridine rings is 1. The van der Waals surface area contributed by atoms with Crippen LogP contribution in [0.1, 0.15) is 28.8 Å². The molecule has 1 aliphatic heterocycles. The summed E-state index contributed by atoms with van der Waals surface area (Å²) in [7, 11) is 1.68. The van der Waals surface area contributed by atoms with Gasteiger partial charge in [0.1, 0.15) is 0 Å². The van der Waals surface area contributed by atoms with Gasteiger partial charge in [0.2, 0.25) is 5.56 Å². The first kappa shape index (κ1) is 16.6. The largest absolute Gasteiger partial charge is 0.335 e. The molecule has 0 N–H and O–H groups in total. The van der Waals surface area contributed by atoms with Crippen molar-refractivity contribution in [3.05, 3.63) is 82.3 Å². The third-order valence-corrected chi connectivity index (χ3v) is 5.31. The van der Waals surface area contributed by atoms with E-state index >= 15 is 0 Å². The second-order valence-corrected chi connectivity index (χ2v) is 7.00. The number of rotatable bonds is 3.